The van der Waals surface area contributed by atoms with Crippen molar-refractivity contribution in [2.45, 2.75) is 39.3 Å². The minimum Gasteiger partial charge on any atom is -0.450 e. The number of hydrogen-bond donors (Lipinski definition) is 1. The molecule has 1 aromatic heterocycles. The van der Waals surface area contributed by atoms with E-state index in [0.29, 0.717) is 36.9 Å². The average molecular weight is 389 g/mol. The fraction of sp³-hybridized carbons (Fsp3) is 0.400. The molecule has 1 N–H and O–H groups in total. The molecule has 1 amide bonds. The number of carbonyl (C=O) groups is 2. The Morgan fingerprint density at radius 2 is 1.81 bits per heavy atom. The highest BCUT2D eigenvalue weighted by atomic mass is 28.3. The molecule has 0 atom stereocenters. The van der Waals surface area contributed by atoms with Crippen molar-refractivity contribution in [2.24, 2.45) is 0 Å². The Morgan fingerprint density at radius 1 is 1.11 bits per heavy atom. The maximum absolute atomic E-state index is 12.8. The van der Waals surface area contributed by atoms with Gasteiger partial charge in [-0.05, 0) is 49.4 Å². The zero-order chi connectivity index (χ0) is 19.9. The second-order valence-corrected chi connectivity index (χ2v) is 13.1. The molecule has 1 aromatic carbocycles. The van der Waals surface area contributed by atoms with Crippen LogP contribution in [0.15, 0.2) is 42.6 Å². The van der Waals surface area contributed by atoms with Crippen LogP contribution in [0.25, 0.3) is 0 Å². The molecule has 0 spiro atoms. The molecule has 2 rings (SSSR count). The number of hydrogen-bond acceptors (Lipinski definition) is 4. The minimum atomic E-state index is -1.13. The zero-order valence-electron chi connectivity index (χ0n) is 16.5. The summed E-state index contributed by atoms with van der Waals surface area (Å²) in [4.78, 5) is 24.2. The molecular weight excluding hydrogens is 360 g/mol. The molecule has 6 nitrogen and oxygen atoms in total. The normalized spacial score (nSPS) is 11.3. The molecule has 0 saturated heterocycles. The first kappa shape index (κ1) is 20.9. The Morgan fingerprint density at radius 3 is 2.44 bits per heavy atom. The lowest BCUT2D eigenvalue weighted by molar-refractivity contribution is 0.0819. The van der Waals surface area contributed by atoms with Crippen LogP contribution in [-0.2, 0) is 16.2 Å². The standard InChI is InChI=1S/C20H28N2O4Si/c1-5-26-20(24)21-17-10-8-16(9-11-17)19(23)18-7-6-12-22(18)15-25-13-14-27(2,3)4/h6-12H,5,13-15H2,1-4H3,(H,21,24). The minimum absolute atomic E-state index is 0.0866. The molecule has 0 saturated carbocycles. The predicted octanol–water partition coefficient (Wildman–Crippen LogP) is 4.60. The number of ether oxygens (including phenoxy) is 2. The highest BCUT2D eigenvalue weighted by Crippen LogP contribution is 2.15. The number of carbonyl (C=O) groups excluding carboxylic acids is 2. The van der Waals surface area contributed by atoms with Gasteiger partial charge < -0.3 is 14.0 Å². The van der Waals surface area contributed by atoms with Gasteiger partial charge in [-0.25, -0.2) is 4.79 Å². The Hall–Kier alpha value is -2.38. The van der Waals surface area contributed by atoms with Gasteiger partial charge in [-0.2, -0.15) is 0 Å². The van der Waals surface area contributed by atoms with Crippen LogP contribution < -0.4 is 5.32 Å². The van der Waals surface area contributed by atoms with Gasteiger partial charge in [-0.15, -0.1) is 0 Å². The summed E-state index contributed by atoms with van der Waals surface area (Å²) in [7, 11) is -1.13. The number of amides is 1. The van der Waals surface area contributed by atoms with E-state index in [2.05, 4.69) is 25.0 Å². The van der Waals surface area contributed by atoms with E-state index >= 15 is 0 Å². The summed E-state index contributed by atoms with van der Waals surface area (Å²) in [5, 5.41) is 2.61. The molecule has 27 heavy (non-hydrogen) atoms. The van der Waals surface area contributed by atoms with Crippen LogP contribution in [0.4, 0.5) is 10.5 Å². The number of anilines is 1. The van der Waals surface area contributed by atoms with Gasteiger partial charge in [-0.3, -0.25) is 10.1 Å². The van der Waals surface area contributed by atoms with Crippen molar-refractivity contribution in [3.8, 4) is 0 Å². The molecule has 0 aliphatic rings. The van der Waals surface area contributed by atoms with E-state index in [9.17, 15) is 9.59 Å². The van der Waals surface area contributed by atoms with Gasteiger partial charge in [0, 0.05) is 32.1 Å². The molecule has 0 bridgehead atoms. The fourth-order valence-corrected chi connectivity index (χ4v) is 3.17. The van der Waals surface area contributed by atoms with Crippen LogP contribution in [-0.4, -0.2) is 37.7 Å². The first-order valence-electron chi connectivity index (χ1n) is 9.11. The van der Waals surface area contributed by atoms with Crippen molar-refractivity contribution in [2.75, 3.05) is 18.5 Å². The van der Waals surface area contributed by atoms with Crippen LogP contribution in [0.1, 0.15) is 23.0 Å². The summed E-state index contributed by atoms with van der Waals surface area (Å²) in [6.45, 7) is 10.0. The molecule has 7 heteroatoms. The van der Waals surface area contributed by atoms with Crippen LogP contribution in [0.5, 0.6) is 0 Å². The molecule has 146 valence electrons. The third-order valence-corrected chi connectivity index (χ3v) is 5.66. The van der Waals surface area contributed by atoms with Gasteiger partial charge in [-0.1, -0.05) is 19.6 Å². The first-order chi connectivity index (χ1) is 12.8. The molecule has 2 aromatic rings. The topological polar surface area (TPSA) is 69.6 Å². The van der Waals surface area contributed by atoms with Crippen molar-refractivity contribution in [3.05, 3.63) is 53.9 Å². The van der Waals surface area contributed by atoms with Crippen LogP contribution in [0.2, 0.25) is 25.7 Å². The van der Waals surface area contributed by atoms with Gasteiger partial charge in [0.2, 0.25) is 5.78 Å². The van der Waals surface area contributed by atoms with E-state index in [0.717, 1.165) is 6.04 Å². The van der Waals surface area contributed by atoms with E-state index in [-0.39, 0.29) is 5.78 Å². The maximum atomic E-state index is 12.8. The van der Waals surface area contributed by atoms with Crippen LogP contribution in [0, 0.1) is 0 Å². The highest BCUT2D eigenvalue weighted by molar-refractivity contribution is 6.76. The van der Waals surface area contributed by atoms with E-state index in [1.807, 2.05) is 16.8 Å². The quantitative estimate of drug-likeness (QED) is 0.387. The van der Waals surface area contributed by atoms with Crippen LogP contribution in [0.3, 0.4) is 0 Å². The Bertz CT molecular complexity index is 763. The molecule has 1 heterocycles. The van der Waals surface area contributed by atoms with E-state index in [4.69, 9.17) is 9.47 Å². The molecule has 0 radical (unpaired) electrons. The average Bonchev–Trinajstić information content (AvgIpc) is 3.06. The summed E-state index contributed by atoms with van der Waals surface area (Å²) >= 11 is 0. The monoisotopic (exact) mass is 388 g/mol. The summed E-state index contributed by atoms with van der Waals surface area (Å²) in [5.41, 5.74) is 1.70. The lowest BCUT2D eigenvalue weighted by atomic mass is 10.1. The van der Waals surface area contributed by atoms with Crippen LogP contribution >= 0.6 is 0 Å². The highest BCUT2D eigenvalue weighted by Gasteiger charge is 2.15. The van der Waals surface area contributed by atoms with Crippen molar-refractivity contribution in [3.63, 3.8) is 0 Å². The molecule has 0 aliphatic carbocycles. The van der Waals surface area contributed by atoms with Gasteiger partial charge >= 0.3 is 6.09 Å². The largest absolute Gasteiger partial charge is 0.450 e. The lowest BCUT2D eigenvalue weighted by Gasteiger charge is -2.16. The third kappa shape index (κ3) is 6.69. The van der Waals surface area contributed by atoms with E-state index in [1.165, 1.54) is 0 Å². The number of nitrogens with one attached hydrogen (secondary N) is 1. The second kappa shape index (κ2) is 9.52. The molecule has 0 unspecified atom stereocenters. The lowest BCUT2D eigenvalue weighted by Crippen LogP contribution is -2.22. The third-order valence-electron chi connectivity index (χ3n) is 3.96. The predicted molar refractivity (Wildman–Crippen MR) is 109 cm³/mol. The number of benzene rings is 1. The van der Waals surface area contributed by atoms with E-state index < -0.39 is 14.2 Å². The summed E-state index contributed by atoms with van der Waals surface area (Å²) < 4.78 is 12.4. The van der Waals surface area contributed by atoms with Gasteiger partial charge in [0.05, 0.1) is 12.3 Å². The Kier molecular flexibility index (Phi) is 7.38. The number of ketones is 1. The smallest absolute Gasteiger partial charge is 0.411 e. The van der Waals surface area contributed by atoms with Crippen molar-refractivity contribution in [1.29, 1.82) is 0 Å². The van der Waals surface area contributed by atoms with E-state index in [1.54, 1.807) is 37.3 Å². The molecule has 0 fully saturated rings. The molecular formula is C20H28N2O4Si. The second-order valence-electron chi connectivity index (χ2n) is 7.46. The summed E-state index contributed by atoms with van der Waals surface area (Å²) in [6, 6.07) is 11.5. The number of nitrogens with zero attached hydrogens (tertiary/aromatic N) is 1. The first-order valence-corrected chi connectivity index (χ1v) is 12.8. The molecule has 0 aliphatic heterocycles. The maximum Gasteiger partial charge on any atom is 0.411 e. The van der Waals surface area contributed by atoms with Gasteiger partial charge in [0.1, 0.15) is 6.73 Å². The number of rotatable bonds is 9. The summed E-state index contributed by atoms with van der Waals surface area (Å²) in [5.74, 6) is -0.0866. The fourth-order valence-electron chi connectivity index (χ4n) is 2.41. The zero-order valence-corrected chi connectivity index (χ0v) is 17.5. The number of aromatic nitrogens is 1. The SMILES string of the molecule is CCOC(=O)Nc1ccc(C(=O)c2cccn2COCC[Si](C)(C)C)cc1. The van der Waals surface area contributed by atoms with Crippen molar-refractivity contribution in [1.82, 2.24) is 4.57 Å². The van der Waals surface area contributed by atoms with Crippen molar-refractivity contribution >= 4 is 25.6 Å². The van der Waals surface area contributed by atoms with Gasteiger partial charge in [0.25, 0.3) is 0 Å². The van der Waals surface area contributed by atoms with Gasteiger partial charge in [0.15, 0.2) is 0 Å². The van der Waals surface area contributed by atoms with Crippen molar-refractivity contribution < 1.29 is 19.1 Å². The Balaban J connectivity index is 1.97. The Labute approximate surface area is 161 Å². The summed E-state index contributed by atoms with van der Waals surface area (Å²) in [6.07, 6.45) is 1.33.